The van der Waals surface area contributed by atoms with Crippen LogP contribution in [0.1, 0.15) is 24.6 Å². The Bertz CT molecular complexity index is 544. The molecule has 1 saturated heterocycles. The molecule has 0 bridgehead atoms. The summed E-state index contributed by atoms with van der Waals surface area (Å²) in [5.41, 5.74) is 5.54. The van der Waals surface area contributed by atoms with Gasteiger partial charge < -0.3 is 10.5 Å². The minimum atomic E-state index is -3.50. The van der Waals surface area contributed by atoms with Gasteiger partial charge in [-0.1, -0.05) is 0 Å². The Hall–Kier alpha value is 0.01000. The summed E-state index contributed by atoms with van der Waals surface area (Å²) >= 11 is 4.64. The van der Waals surface area contributed by atoms with Gasteiger partial charge in [-0.3, -0.25) is 0 Å². The second-order valence-electron chi connectivity index (χ2n) is 4.58. The Labute approximate surface area is 125 Å². The summed E-state index contributed by atoms with van der Waals surface area (Å²) in [7, 11) is -3.50. The lowest BCUT2D eigenvalue weighted by Gasteiger charge is -2.27. The normalized spacial score (nSPS) is 24.6. The average Bonchev–Trinajstić information content (AvgIpc) is 2.71. The maximum atomic E-state index is 12.3. The third-order valence-corrected chi connectivity index (χ3v) is 6.80. The molecular formula is C11H17BrN2O3S2. The van der Waals surface area contributed by atoms with Crippen molar-refractivity contribution in [3.63, 3.8) is 0 Å². The molecule has 2 rings (SSSR count). The van der Waals surface area contributed by atoms with Crippen molar-refractivity contribution in [3.8, 4) is 0 Å². The molecule has 0 aromatic carbocycles. The average molecular weight is 369 g/mol. The van der Waals surface area contributed by atoms with E-state index in [9.17, 15) is 8.42 Å². The molecule has 108 valence electrons. The maximum Gasteiger partial charge on any atom is 0.242 e. The first-order valence-electron chi connectivity index (χ1n) is 6.04. The second-order valence-corrected chi connectivity index (χ2v) is 8.72. The first kappa shape index (κ1) is 15.4. The van der Waals surface area contributed by atoms with Crippen LogP contribution in [0.15, 0.2) is 14.7 Å². The molecule has 5 nitrogen and oxygen atoms in total. The van der Waals surface area contributed by atoms with Gasteiger partial charge in [0.2, 0.25) is 10.0 Å². The van der Waals surface area contributed by atoms with Gasteiger partial charge in [-0.05, 0) is 41.8 Å². The van der Waals surface area contributed by atoms with Gasteiger partial charge in [0.05, 0.1) is 9.89 Å². The molecule has 3 N–H and O–H groups in total. The van der Waals surface area contributed by atoms with Crippen molar-refractivity contribution >= 4 is 37.3 Å². The molecule has 1 aliphatic heterocycles. The lowest BCUT2D eigenvalue weighted by molar-refractivity contribution is 0.0173. The van der Waals surface area contributed by atoms with Crippen molar-refractivity contribution in [1.82, 2.24) is 4.72 Å². The number of nitrogens with two attached hydrogens (primary N) is 1. The van der Waals surface area contributed by atoms with Crippen LogP contribution in [0.2, 0.25) is 0 Å². The molecule has 0 radical (unpaired) electrons. The van der Waals surface area contributed by atoms with E-state index >= 15 is 0 Å². The van der Waals surface area contributed by atoms with E-state index in [-0.39, 0.29) is 17.0 Å². The van der Waals surface area contributed by atoms with Crippen LogP contribution >= 0.6 is 27.3 Å². The third-order valence-electron chi connectivity index (χ3n) is 3.00. The predicted octanol–water partition coefficient (Wildman–Crippen LogP) is 1.82. The lowest BCUT2D eigenvalue weighted by Crippen LogP contribution is -2.41. The zero-order valence-corrected chi connectivity index (χ0v) is 13.8. The Morgan fingerprint density at radius 3 is 2.95 bits per heavy atom. The van der Waals surface area contributed by atoms with E-state index in [1.54, 1.807) is 6.07 Å². The molecular weight excluding hydrogens is 352 g/mol. The molecule has 0 spiro atoms. The summed E-state index contributed by atoms with van der Waals surface area (Å²) in [4.78, 5) is 1.12. The van der Waals surface area contributed by atoms with Crippen molar-refractivity contribution < 1.29 is 13.2 Å². The summed E-state index contributed by atoms with van der Waals surface area (Å²) in [5, 5.41) is 0. The summed E-state index contributed by atoms with van der Waals surface area (Å²) in [6.07, 6.45) is 1.49. The van der Waals surface area contributed by atoms with Gasteiger partial charge in [0.15, 0.2) is 0 Å². The Morgan fingerprint density at radius 2 is 2.37 bits per heavy atom. The van der Waals surface area contributed by atoms with Crippen LogP contribution in [-0.4, -0.2) is 27.2 Å². The van der Waals surface area contributed by atoms with Gasteiger partial charge in [0, 0.05) is 24.1 Å². The summed E-state index contributed by atoms with van der Waals surface area (Å²) in [6, 6.07) is 1.56. The number of hydrogen-bond donors (Lipinski definition) is 2. The zero-order valence-electron chi connectivity index (χ0n) is 10.6. The van der Waals surface area contributed by atoms with E-state index < -0.39 is 10.0 Å². The third kappa shape index (κ3) is 3.77. The Balaban J connectivity index is 2.15. The molecule has 0 saturated carbocycles. The number of thiophene rings is 1. The molecule has 2 atom stereocenters. The summed E-state index contributed by atoms with van der Waals surface area (Å²) in [6.45, 7) is 2.88. The number of rotatable bonds is 4. The monoisotopic (exact) mass is 368 g/mol. The quantitative estimate of drug-likeness (QED) is 0.848. The summed E-state index contributed by atoms with van der Waals surface area (Å²) < 4.78 is 33.4. The topological polar surface area (TPSA) is 81.4 Å². The van der Waals surface area contributed by atoms with E-state index in [1.807, 2.05) is 6.92 Å². The van der Waals surface area contributed by atoms with Crippen molar-refractivity contribution in [2.24, 2.45) is 5.73 Å². The van der Waals surface area contributed by atoms with E-state index in [2.05, 4.69) is 20.7 Å². The fourth-order valence-corrected chi connectivity index (χ4v) is 5.91. The highest BCUT2D eigenvalue weighted by Gasteiger charge is 2.27. The van der Waals surface area contributed by atoms with Crippen molar-refractivity contribution in [2.75, 3.05) is 6.61 Å². The number of halogens is 1. The fraction of sp³-hybridized carbons (Fsp3) is 0.636. The number of hydrogen-bond acceptors (Lipinski definition) is 5. The van der Waals surface area contributed by atoms with Gasteiger partial charge >= 0.3 is 0 Å². The Kier molecular flexibility index (Phi) is 5.02. The van der Waals surface area contributed by atoms with E-state index in [1.165, 1.54) is 11.3 Å². The SMILES string of the molecule is CC1CC(NS(=O)(=O)c2cc(CN)sc2Br)CCO1. The van der Waals surface area contributed by atoms with Gasteiger partial charge in [0.1, 0.15) is 4.90 Å². The van der Waals surface area contributed by atoms with Crippen molar-refractivity contribution in [3.05, 3.63) is 14.7 Å². The zero-order chi connectivity index (χ0) is 14.0. The van der Waals surface area contributed by atoms with Crippen LogP contribution in [-0.2, 0) is 21.3 Å². The summed E-state index contributed by atoms with van der Waals surface area (Å²) in [5.74, 6) is 0. The molecule has 0 amide bonds. The fourth-order valence-electron chi connectivity index (χ4n) is 2.07. The highest BCUT2D eigenvalue weighted by molar-refractivity contribution is 9.11. The van der Waals surface area contributed by atoms with Gasteiger partial charge in [-0.2, -0.15) is 0 Å². The van der Waals surface area contributed by atoms with Crippen LogP contribution in [0.4, 0.5) is 0 Å². The minimum Gasteiger partial charge on any atom is -0.378 e. The van der Waals surface area contributed by atoms with Crippen molar-refractivity contribution in [2.45, 2.75) is 43.4 Å². The van der Waals surface area contributed by atoms with E-state index in [0.717, 1.165) is 4.88 Å². The number of sulfonamides is 1. The van der Waals surface area contributed by atoms with Crippen LogP contribution in [0.25, 0.3) is 0 Å². The van der Waals surface area contributed by atoms with Crippen molar-refractivity contribution in [1.29, 1.82) is 0 Å². The molecule has 1 aromatic heterocycles. The standard InChI is InChI=1S/C11H17BrN2O3S2/c1-7-4-8(2-3-17-7)14-19(15,16)10-5-9(6-13)18-11(10)12/h5,7-8,14H,2-4,6,13H2,1H3. The second kappa shape index (κ2) is 6.19. The number of ether oxygens (including phenoxy) is 1. The predicted molar refractivity (Wildman–Crippen MR) is 78.7 cm³/mol. The highest BCUT2D eigenvalue weighted by atomic mass is 79.9. The van der Waals surface area contributed by atoms with Gasteiger partial charge in [-0.25, -0.2) is 13.1 Å². The number of nitrogens with one attached hydrogen (secondary N) is 1. The molecule has 2 unspecified atom stereocenters. The molecule has 19 heavy (non-hydrogen) atoms. The van der Waals surface area contributed by atoms with Crippen LogP contribution in [0.3, 0.4) is 0 Å². The highest BCUT2D eigenvalue weighted by Crippen LogP contribution is 2.32. The molecule has 8 heteroatoms. The lowest BCUT2D eigenvalue weighted by atomic mass is 10.1. The molecule has 0 aliphatic carbocycles. The van der Waals surface area contributed by atoms with Crippen LogP contribution < -0.4 is 10.5 Å². The van der Waals surface area contributed by atoms with Gasteiger partial charge in [-0.15, -0.1) is 11.3 Å². The maximum absolute atomic E-state index is 12.3. The van der Waals surface area contributed by atoms with E-state index in [4.69, 9.17) is 10.5 Å². The largest absolute Gasteiger partial charge is 0.378 e. The molecule has 2 heterocycles. The minimum absolute atomic E-state index is 0.0677. The smallest absolute Gasteiger partial charge is 0.242 e. The molecule has 1 aliphatic rings. The Morgan fingerprint density at radius 1 is 1.63 bits per heavy atom. The first-order valence-corrected chi connectivity index (χ1v) is 9.14. The van der Waals surface area contributed by atoms with E-state index in [0.29, 0.717) is 29.8 Å². The molecule has 1 fully saturated rings. The van der Waals surface area contributed by atoms with Crippen LogP contribution in [0.5, 0.6) is 0 Å². The van der Waals surface area contributed by atoms with Crippen LogP contribution in [0, 0.1) is 0 Å². The van der Waals surface area contributed by atoms with Gasteiger partial charge in [0.25, 0.3) is 0 Å². The first-order chi connectivity index (χ1) is 8.92. The molecule has 1 aromatic rings.